The van der Waals surface area contributed by atoms with E-state index >= 15 is 0 Å². The van der Waals surface area contributed by atoms with Crippen LogP contribution in [0.2, 0.25) is 0 Å². The molecule has 3 heteroatoms. The SMILES string of the molecule is CCCCCCCCCCCC(=O)OCC(C)(C=O)CCC. The van der Waals surface area contributed by atoms with E-state index in [1.807, 2.05) is 13.8 Å². The Morgan fingerprint density at radius 2 is 1.45 bits per heavy atom. The lowest BCUT2D eigenvalue weighted by Crippen LogP contribution is -2.26. The van der Waals surface area contributed by atoms with Gasteiger partial charge in [-0.05, 0) is 19.8 Å². The van der Waals surface area contributed by atoms with Crippen molar-refractivity contribution in [3.05, 3.63) is 0 Å². The van der Waals surface area contributed by atoms with E-state index in [-0.39, 0.29) is 12.6 Å². The minimum atomic E-state index is -0.511. The molecule has 0 radical (unpaired) electrons. The zero-order valence-electron chi connectivity index (χ0n) is 15.0. The molecule has 0 aromatic rings. The maximum Gasteiger partial charge on any atom is 0.305 e. The molecule has 1 unspecified atom stereocenters. The summed E-state index contributed by atoms with van der Waals surface area (Å²) >= 11 is 0. The van der Waals surface area contributed by atoms with E-state index in [1.165, 1.54) is 44.9 Å². The van der Waals surface area contributed by atoms with Gasteiger partial charge in [0.05, 0.1) is 5.41 Å². The molecule has 0 aliphatic carbocycles. The third kappa shape index (κ3) is 11.8. The van der Waals surface area contributed by atoms with Gasteiger partial charge in [0.25, 0.3) is 0 Å². The number of carbonyl (C=O) groups is 2. The van der Waals surface area contributed by atoms with Gasteiger partial charge in [-0.3, -0.25) is 4.79 Å². The number of esters is 1. The van der Waals surface area contributed by atoms with Gasteiger partial charge < -0.3 is 9.53 Å². The largest absolute Gasteiger partial charge is 0.465 e. The zero-order chi connectivity index (χ0) is 16.7. The van der Waals surface area contributed by atoms with E-state index in [4.69, 9.17) is 4.74 Å². The number of aldehydes is 1. The minimum Gasteiger partial charge on any atom is -0.465 e. The van der Waals surface area contributed by atoms with Crippen LogP contribution in [0.15, 0.2) is 0 Å². The highest BCUT2D eigenvalue weighted by molar-refractivity contribution is 5.70. The molecule has 0 aliphatic heterocycles. The van der Waals surface area contributed by atoms with Crippen LogP contribution in [0.4, 0.5) is 0 Å². The fraction of sp³-hybridized carbons (Fsp3) is 0.895. The number of ether oxygens (including phenoxy) is 1. The summed E-state index contributed by atoms with van der Waals surface area (Å²) in [4.78, 5) is 22.7. The van der Waals surface area contributed by atoms with Crippen molar-refractivity contribution in [2.45, 2.75) is 97.8 Å². The summed E-state index contributed by atoms with van der Waals surface area (Å²) in [5.74, 6) is -0.160. The molecule has 0 amide bonds. The van der Waals surface area contributed by atoms with Crippen molar-refractivity contribution in [3.8, 4) is 0 Å². The summed E-state index contributed by atoms with van der Waals surface area (Å²) in [6.45, 7) is 6.35. The zero-order valence-corrected chi connectivity index (χ0v) is 15.0. The average Bonchev–Trinajstić information content (AvgIpc) is 2.51. The summed E-state index contributed by atoms with van der Waals surface area (Å²) in [5, 5.41) is 0. The van der Waals surface area contributed by atoms with Crippen LogP contribution in [0.5, 0.6) is 0 Å². The molecule has 0 aliphatic rings. The van der Waals surface area contributed by atoms with Crippen molar-refractivity contribution in [3.63, 3.8) is 0 Å². The molecule has 130 valence electrons. The number of hydrogen-bond donors (Lipinski definition) is 0. The number of hydrogen-bond acceptors (Lipinski definition) is 3. The van der Waals surface area contributed by atoms with Crippen molar-refractivity contribution < 1.29 is 14.3 Å². The average molecular weight is 312 g/mol. The van der Waals surface area contributed by atoms with E-state index in [0.717, 1.165) is 32.0 Å². The standard InChI is InChI=1S/C19H36O3/c1-4-6-7-8-9-10-11-12-13-14-18(21)22-17-19(3,16-20)15-5-2/h16H,4-15,17H2,1-3H3. The Morgan fingerprint density at radius 3 is 1.95 bits per heavy atom. The molecule has 0 N–H and O–H groups in total. The van der Waals surface area contributed by atoms with Gasteiger partial charge in [-0.15, -0.1) is 0 Å². The van der Waals surface area contributed by atoms with Gasteiger partial charge in [-0.25, -0.2) is 0 Å². The molecule has 0 fully saturated rings. The van der Waals surface area contributed by atoms with Gasteiger partial charge in [0.15, 0.2) is 0 Å². The monoisotopic (exact) mass is 312 g/mol. The summed E-state index contributed by atoms with van der Waals surface area (Å²) < 4.78 is 5.25. The molecule has 0 bridgehead atoms. The van der Waals surface area contributed by atoms with Gasteiger partial charge in [-0.2, -0.15) is 0 Å². The molecule has 0 heterocycles. The van der Waals surface area contributed by atoms with E-state index in [1.54, 1.807) is 0 Å². The predicted molar refractivity (Wildman–Crippen MR) is 91.9 cm³/mol. The predicted octanol–water partition coefficient (Wildman–Crippen LogP) is 5.46. The summed E-state index contributed by atoms with van der Waals surface area (Å²) in [6, 6.07) is 0. The van der Waals surface area contributed by atoms with Gasteiger partial charge in [0.2, 0.25) is 0 Å². The highest BCUT2D eigenvalue weighted by atomic mass is 16.5. The topological polar surface area (TPSA) is 43.4 Å². The third-order valence-corrected chi connectivity index (χ3v) is 4.15. The second-order valence-electron chi connectivity index (χ2n) is 6.76. The molecule has 0 aromatic heterocycles. The first-order chi connectivity index (χ1) is 10.6. The van der Waals surface area contributed by atoms with Crippen LogP contribution in [0.3, 0.4) is 0 Å². The second-order valence-corrected chi connectivity index (χ2v) is 6.76. The molecule has 0 spiro atoms. The normalized spacial score (nSPS) is 13.6. The van der Waals surface area contributed by atoms with Crippen LogP contribution < -0.4 is 0 Å². The molecule has 1 atom stereocenters. The lowest BCUT2D eigenvalue weighted by atomic mass is 9.88. The Kier molecular flexibility index (Phi) is 13.2. The summed E-state index contributed by atoms with van der Waals surface area (Å²) in [7, 11) is 0. The lowest BCUT2D eigenvalue weighted by Gasteiger charge is -2.21. The molecule has 22 heavy (non-hydrogen) atoms. The van der Waals surface area contributed by atoms with Gasteiger partial charge in [0, 0.05) is 6.42 Å². The Balaban J connectivity index is 3.52. The van der Waals surface area contributed by atoms with Crippen molar-refractivity contribution >= 4 is 12.3 Å². The second kappa shape index (κ2) is 13.8. The maximum atomic E-state index is 11.7. The molecule has 0 aromatic carbocycles. The van der Waals surface area contributed by atoms with Crippen molar-refractivity contribution in [2.24, 2.45) is 5.41 Å². The van der Waals surface area contributed by atoms with Crippen LogP contribution in [-0.4, -0.2) is 18.9 Å². The molecular weight excluding hydrogens is 276 g/mol. The highest BCUT2D eigenvalue weighted by Gasteiger charge is 2.24. The van der Waals surface area contributed by atoms with Crippen LogP contribution in [0.1, 0.15) is 97.8 Å². The molecule has 0 saturated heterocycles. The Bertz CT molecular complexity index is 288. The van der Waals surface area contributed by atoms with Crippen LogP contribution in [0, 0.1) is 5.41 Å². The number of carbonyl (C=O) groups excluding carboxylic acids is 2. The summed E-state index contributed by atoms with van der Waals surface area (Å²) in [5.41, 5.74) is -0.511. The van der Waals surface area contributed by atoms with Crippen LogP contribution in [0.25, 0.3) is 0 Å². The van der Waals surface area contributed by atoms with Crippen molar-refractivity contribution in [1.29, 1.82) is 0 Å². The van der Waals surface area contributed by atoms with E-state index in [9.17, 15) is 9.59 Å². The molecule has 0 rings (SSSR count). The van der Waals surface area contributed by atoms with Crippen LogP contribution in [-0.2, 0) is 14.3 Å². The smallest absolute Gasteiger partial charge is 0.305 e. The van der Waals surface area contributed by atoms with Gasteiger partial charge in [-0.1, -0.05) is 71.6 Å². The number of rotatable bonds is 15. The van der Waals surface area contributed by atoms with E-state index in [2.05, 4.69) is 6.92 Å². The fourth-order valence-corrected chi connectivity index (χ4v) is 2.63. The first-order valence-electron chi connectivity index (χ1n) is 9.20. The lowest BCUT2D eigenvalue weighted by molar-refractivity contribution is -0.148. The Labute approximate surface area is 137 Å². The maximum absolute atomic E-state index is 11.7. The molecular formula is C19H36O3. The van der Waals surface area contributed by atoms with E-state index in [0.29, 0.717) is 6.42 Å². The van der Waals surface area contributed by atoms with E-state index < -0.39 is 5.41 Å². The first kappa shape index (κ1) is 21.1. The third-order valence-electron chi connectivity index (χ3n) is 4.15. The highest BCUT2D eigenvalue weighted by Crippen LogP contribution is 2.21. The first-order valence-corrected chi connectivity index (χ1v) is 9.20. The Morgan fingerprint density at radius 1 is 0.909 bits per heavy atom. The Hall–Kier alpha value is -0.860. The minimum absolute atomic E-state index is 0.160. The quantitative estimate of drug-likeness (QED) is 0.229. The van der Waals surface area contributed by atoms with Gasteiger partial charge in [0.1, 0.15) is 12.9 Å². The van der Waals surface area contributed by atoms with Crippen molar-refractivity contribution in [1.82, 2.24) is 0 Å². The van der Waals surface area contributed by atoms with Crippen molar-refractivity contribution in [2.75, 3.05) is 6.61 Å². The van der Waals surface area contributed by atoms with Crippen LogP contribution >= 0.6 is 0 Å². The fourth-order valence-electron chi connectivity index (χ4n) is 2.63. The van der Waals surface area contributed by atoms with Gasteiger partial charge >= 0.3 is 5.97 Å². The molecule has 0 saturated carbocycles. The number of unbranched alkanes of at least 4 members (excludes halogenated alkanes) is 8. The summed E-state index contributed by atoms with van der Waals surface area (Å²) in [6.07, 6.45) is 14.2. The molecule has 3 nitrogen and oxygen atoms in total.